The van der Waals surface area contributed by atoms with Crippen LogP contribution < -0.4 is 0 Å². The van der Waals surface area contributed by atoms with E-state index in [0.717, 1.165) is 25.3 Å². The molecule has 23 heavy (non-hydrogen) atoms. The first kappa shape index (κ1) is 17.8. The minimum absolute atomic E-state index is 0.200. The van der Waals surface area contributed by atoms with Crippen LogP contribution in [0.25, 0.3) is 0 Å². The second-order valence-corrected chi connectivity index (χ2v) is 6.08. The van der Waals surface area contributed by atoms with E-state index in [2.05, 4.69) is 29.2 Å². The van der Waals surface area contributed by atoms with Crippen LogP contribution in [-0.4, -0.2) is 61.4 Å². The van der Waals surface area contributed by atoms with E-state index in [0.29, 0.717) is 0 Å². The summed E-state index contributed by atoms with van der Waals surface area (Å²) in [7, 11) is -1.29. The Hall–Kier alpha value is -1.52. The van der Waals surface area contributed by atoms with Crippen LogP contribution in [-0.2, 0) is 19.9 Å². The number of fused-ring (bicyclic) bond motifs is 1. The Labute approximate surface area is 135 Å². The van der Waals surface area contributed by atoms with E-state index in [-0.39, 0.29) is 6.04 Å². The van der Waals surface area contributed by atoms with E-state index in [1.54, 1.807) is 14.2 Å². The summed E-state index contributed by atoms with van der Waals surface area (Å²) >= 11 is 0. The summed E-state index contributed by atoms with van der Waals surface area (Å²) in [5.74, 6) is 0.310. The van der Waals surface area contributed by atoms with Crippen molar-refractivity contribution in [2.75, 3.05) is 27.3 Å². The fraction of sp³-hybridized carbons (Fsp3) is 0.500. The van der Waals surface area contributed by atoms with Gasteiger partial charge in [-0.05, 0) is 5.56 Å². The fourth-order valence-electron chi connectivity index (χ4n) is 2.82. The number of aliphatic imine (C=N–C) groups is 1. The van der Waals surface area contributed by atoms with Crippen LogP contribution in [0, 0.1) is 0 Å². The van der Waals surface area contributed by atoms with Gasteiger partial charge in [0, 0.05) is 33.7 Å². The number of hydrogen-bond donors (Lipinski definition) is 2. The van der Waals surface area contributed by atoms with E-state index in [9.17, 15) is 0 Å². The lowest BCUT2D eigenvalue weighted by molar-refractivity contribution is -0.150. The van der Waals surface area contributed by atoms with Crippen LogP contribution >= 0.6 is 0 Å². The molecule has 2 N–H and O–H groups in total. The van der Waals surface area contributed by atoms with E-state index >= 15 is 0 Å². The molecule has 1 aromatic carbocycles. The number of methoxy groups -OCH3 is 2. The van der Waals surface area contributed by atoms with Gasteiger partial charge in [0.2, 0.25) is 5.79 Å². The molecule has 0 radical (unpaired) electrons. The molecule has 0 aliphatic carbocycles. The zero-order chi connectivity index (χ0) is 17.1. The molecule has 1 saturated heterocycles. The number of amidine groups is 1. The van der Waals surface area contributed by atoms with Gasteiger partial charge >= 0.3 is 10.4 Å². The number of rotatable bonds is 3. The predicted octanol–water partition coefficient (Wildman–Crippen LogP) is 1.18. The van der Waals surface area contributed by atoms with Crippen molar-refractivity contribution in [2.45, 2.75) is 18.2 Å². The Bertz CT molecular complexity index is 649. The number of hydrogen-bond acceptors (Lipinski definition) is 6. The highest BCUT2D eigenvalue weighted by atomic mass is 32.3. The SMILES string of the molecule is COC1(OC)CCN2CC(c3ccccc3)N=C21.O=S(=O)(O)O. The van der Waals surface area contributed by atoms with Gasteiger partial charge in [0.25, 0.3) is 0 Å². The Morgan fingerprint density at radius 3 is 2.30 bits per heavy atom. The van der Waals surface area contributed by atoms with Gasteiger partial charge in [-0.25, -0.2) is 0 Å². The Morgan fingerprint density at radius 1 is 1.22 bits per heavy atom. The summed E-state index contributed by atoms with van der Waals surface area (Å²) in [6.45, 7) is 1.87. The fourth-order valence-corrected chi connectivity index (χ4v) is 2.82. The molecule has 0 saturated carbocycles. The van der Waals surface area contributed by atoms with Crippen LogP contribution in [0.3, 0.4) is 0 Å². The molecule has 1 aromatic rings. The minimum atomic E-state index is -4.67. The summed E-state index contributed by atoms with van der Waals surface area (Å²) in [5, 5.41) is 0. The normalized spacial score (nSPS) is 22.2. The van der Waals surface area contributed by atoms with Gasteiger partial charge in [0.05, 0.1) is 6.04 Å². The van der Waals surface area contributed by atoms with E-state index in [1.807, 2.05) is 6.07 Å². The molecule has 0 aromatic heterocycles. The highest BCUT2D eigenvalue weighted by Gasteiger charge is 2.49. The second-order valence-electron chi connectivity index (χ2n) is 5.18. The molecule has 1 fully saturated rings. The van der Waals surface area contributed by atoms with Crippen molar-refractivity contribution in [3.8, 4) is 0 Å². The van der Waals surface area contributed by atoms with Gasteiger partial charge in [-0.3, -0.25) is 14.1 Å². The molecular weight excluding hydrogens is 324 g/mol. The first-order valence-corrected chi connectivity index (χ1v) is 8.37. The zero-order valence-electron chi connectivity index (χ0n) is 12.9. The van der Waals surface area contributed by atoms with Crippen molar-refractivity contribution in [1.82, 2.24) is 4.90 Å². The molecule has 1 atom stereocenters. The Morgan fingerprint density at radius 2 is 1.78 bits per heavy atom. The van der Waals surface area contributed by atoms with Crippen molar-refractivity contribution >= 4 is 16.2 Å². The summed E-state index contributed by atoms with van der Waals surface area (Å²) in [6.07, 6.45) is 0.848. The third-order valence-corrected chi connectivity index (χ3v) is 3.87. The monoisotopic (exact) mass is 344 g/mol. The average Bonchev–Trinajstić information content (AvgIpc) is 3.06. The first-order chi connectivity index (χ1) is 10.8. The summed E-state index contributed by atoms with van der Waals surface area (Å²) < 4.78 is 42.7. The van der Waals surface area contributed by atoms with Gasteiger partial charge in [0.1, 0.15) is 0 Å². The van der Waals surface area contributed by atoms with Gasteiger partial charge in [-0.1, -0.05) is 30.3 Å². The molecule has 0 amide bonds. The second kappa shape index (κ2) is 6.93. The van der Waals surface area contributed by atoms with Gasteiger partial charge in [-0.2, -0.15) is 8.42 Å². The first-order valence-electron chi connectivity index (χ1n) is 6.97. The Kier molecular flexibility index (Phi) is 5.37. The molecule has 2 aliphatic heterocycles. The van der Waals surface area contributed by atoms with E-state index in [4.69, 9.17) is 32.0 Å². The Balaban J connectivity index is 0.000000338. The molecule has 8 nitrogen and oxygen atoms in total. The van der Waals surface area contributed by atoms with Gasteiger partial charge in [-0.15, -0.1) is 0 Å². The molecule has 128 valence electrons. The van der Waals surface area contributed by atoms with Crippen molar-refractivity contribution in [3.05, 3.63) is 35.9 Å². The lowest BCUT2D eigenvalue weighted by Gasteiger charge is -2.25. The third kappa shape index (κ3) is 4.27. The van der Waals surface area contributed by atoms with Gasteiger partial charge in [0.15, 0.2) is 5.84 Å². The smallest absolute Gasteiger partial charge is 0.353 e. The molecule has 2 aliphatic rings. The van der Waals surface area contributed by atoms with Gasteiger partial charge < -0.3 is 14.4 Å². The van der Waals surface area contributed by atoms with Crippen molar-refractivity contribution in [1.29, 1.82) is 0 Å². The van der Waals surface area contributed by atoms with Crippen molar-refractivity contribution < 1.29 is 27.0 Å². The molecule has 0 spiro atoms. The molecular formula is C14H20N2O6S. The van der Waals surface area contributed by atoms with Crippen LogP contribution in [0.15, 0.2) is 35.3 Å². The quantitative estimate of drug-likeness (QED) is 0.626. The summed E-state index contributed by atoms with van der Waals surface area (Å²) in [5.41, 5.74) is 1.25. The van der Waals surface area contributed by atoms with E-state index < -0.39 is 16.2 Å². The number of ether oxygens (including phenoxy) is 2. The van der Waals surface area contributed by atoms with Crippen LogP contribution in [0.2, 0.25) is 0 Å². The predicted molar refractivity (Wildman–Crippen MR) is 83.7 cm³/mol. The number of benzene rings is 1. The average molecular weight is 344 g/mol. The zero-order valence-corrected chi connectivity index (χ0v) is 13.7. The maximum Gasteiger partial charge on any atom is 0.394 e. The highest BCUT2D eigenvalue weighted by Crippen LogP contribution is 2.36. The molecule has 1 unspecified atom stereocenters. The van der Waals surface area contributed by atoms with Crippen LogP contribution in [0.4, 0.5) is 0 Å². The maximum absolute atomic E-state index is 8.74. The highest BCUT2D eigenvalue weighted by molar-refractivity contribution is 7.79. The third-order valence-electron chi connectivity index (χ3n) is 3.87. The minimum Gasteiger partial charge on any atom is -0.353 e. The molecule has 2 heterocycles. The lowest BCUT2D eigenvalue weighted by atomic mass is 10.1. The summed E-state index contributed by atoms with van der Waals surface area (Å²) in [6, 6.07) is 10.6. The topological polar surface area (TPSA) is 109 Å². The van der Waals surface area contributed by atoms with Crippen molar-refractivity contribution in [3.63, 3.8) is 0 Å². The largest absolute Gasteiger partial charge is 0.394 e. The van der Waals surface area contributed by atoms with Crippen molar-refractivity contribution in [2.24, 2.45) is 4.99 Å². The molecule has 3 rings (SSSR count). The maximum atomic E-state index is 8.74. The lowest BCUT2D eigenvalue weighted by Crippen LogP contribution is -2.41. The molecule has 0 bridgehead atoms. The number of nitrogens with zero attached hydrogens (tertiary/aromatic N) is 2. The molecule has 9 heteroatoms. The van der Waals surface area contributed by atoms with Crippen LogP contribution in [0.1, 0.15) is 18.0 Å². The van der Waals surface area contributed by atoms with Crippen LogP contribution in [0.5, 0.6) is 0 Å². The summed E-state index contributed by atoms with van der Waals surface area (Å²) in [4.78, 5) is 7.08. The standard InChI is InChI=1S/C14H18N2O2.H2O4S/c1-17-14(18-2)8-9-16-10-12(15-13(14)16)11-6-4-3-5-7-11;1-5(2,3)4/h3-7,12H,8-10H2,1-2H3;(H2,1,2,3,4). The van der Waals surface area contributed by atoms with E-state index in [1.165, 1.54) is 5.56 Å².